The molecule has 1 atom stereocenters. The van der Waals surface area contributed by atoms with Gasteiger partial charge in [0.2, 0.25) is 11.8 Å². The Balaban J connectivity index is 1.79. The van der Waals surface area contributed by atoms with Crippen LogP contribution in [0.15, 0.2) is 30.7 Å². The lowest BCUT2D eigenvalue weighted by molar-refractivity contribution is -0.133. The minimum atomic E-state index is 0.139. The van der Waals surface area contributed by atoms with Gasteiger partial charge in [0.15, 0.2) is 5.75 Å². The van der Waals surface area contributed by atoms with Crippen molar-refractivity contribution >= 4 is 5.91 Å². The normalized spacial score (nSPS) is 17.4. The van der Waals surface area contributed by atoms with E-state index in [1.807, 2.05) is 24.0 Å². The van der Waals surface area contributed by atoms with Crippen molar-refractivity contribution in [1.29, 1.82) is 0 Å². The zero-order chi connectivity index (χ0) is 18.5. The Hall–Kier alpha value is -2.50. The van der Waals surface area contributed by atoms with Gasteiger partial charge in [-0.05, 0) is 37.8 Å². The SMILES string of the molecule is Cc1ncccc1Oc1nccnc1[C@@H]1CCCN(C(=O)CC(C)C)C1. The van der Waals surface area contributed by atoms with E-state index in [9.17, 15) is 4.79 Å². The molecule has 1 amide bonds. The molecule has 2 aromatic heterocycles. The predicted octanol–water partition coefficient (Wildman–Crippen LogP) is 3.72. The molecule has 0 spiro atoms. The molecule has 1 aliphatic rings. The number of pyridine rings is 1. The number of piperidine rings is 1. The highest BCUT2D eigenvalue weighted by Gasteiger charge is 2.28. The second kappa shape index (κ2) is 8.25. The van der Waals surface area contributed by atoms with Crippen LogP contribution in [-0.4, -0.2) is 38.8 Å². The number of aryl methyl sites for hydroxylation is 1. The minimum absolute atomic E-state index is 0.139. The fourth-order valence-corrected chi connectivity index (χ4v) is 3.28. The molecule has 0 radical (unpaired) electrons. The highest BCUT2D eigenvalue weighted by molar-refractivity contribution is 5.76. The Kier molecular flexibility index (Phi) is 5.81. The van der Waals surface area contributed by atoms with Crippen LogP contribution in [0.1, 0.15) is 50.4 Å². The first-order valence-corrected chi connectivity index (χ1v) is 9.22. The number of nitrogens with zero attached hydrogens (tertiary/aromatic N) is 4. The maximum Gasteiger partial charge on any atom is 0.241 e. The Labute approximate surface area is 154 Å². The number of carbonyl (C=O) groups is 1. The Morgan fingerprint density at radius 2 is 2.08 bits per heavy atom. The first-order chi connectivity index (χ1) is 12.5. The molecular formula is C20H26N4O2. The summed E-state index contributed by atoms with van der Waals surface area (Å²) in [7, 11) is 0. The quantitative estimate of drug-likeness (QED) is 0.818. The van der Waals surface area contributed by atoms with Crippen LogP contribution in [0.5, 0.6) is 11.6 Å². The average molecular weight is 354 g/mol. The summed E-state index contributed by atoms with van der Waals surface area (Å²) in [5.41, 5.74) is 1.62. The van der Waals surface area contributed by atoms with Gasteiger partial charge in [0.25, 0.3) is 0 Å². The van der Waals surface area contributed by atoms with Crippen molar-refractivity contribution in [2.24, 2.45) is 5.92 Å². The zero-order valence-corrected chi connectivity index (χ0v) is 15.7. The van der Waals surface area contributed by atoms with Crippen molar-refractivity contribution in [2.45, 2.75) is 46.0 Å². The smallest absolute Gasteiger partial charge is 0.241 e. The van der Waals surface area contributed by atoms with E-state index in [0.29, 0.717) is 30.5 Å². The van der Waals surface area contributed by atoms with Gasteiger partial charge in [-0.15, -0.1) is 0 Å². The summed E-state index contributed by atoms with van der Waals surface area (Å²) in [6.45, 7) is 7.54. The van der Waals surface area contributed by atoms with Crippen molar-refractivity contribution in [3.8, 4) is 11.6 Å². The first-order valence-electron chi connectivity index (χ1n) is 9.22. The monoisotopic (exact) mass is 354 g/mol. The molecule has 0 bridgehead atoms. The topological polar surface area (TPSA) is 68.2 Å². The Bertz CT molecular complexity index is 763. The van der Waals surface area contributed by atoms with Crippen LogP contribution in [0.25, 0.3) is 0 Å². The molecule has 0 N–H and O–H groups in total. The maximum atomic E-state index is 12.5. The van der Waals surface area contributed by atoms with E-state index < -0.39 is 0 Å². The van der Waals surface area contributed by atoms with E-state index >= 15 is 0 Å². The molecule has 1 saturated heterocycles. The van der Waals surface area contributed by atoms with Gasteiger partial charge in [-0.3, -0.25) is 14.8 Å². The summed E-state index contributed by atoms with van der Waals surface area (Å²) in [6, 6.07) is 3.71. The van der Waals surface area contributed by atoms with E-state index in [0.717, 1.165) is 30.8 Å². The molecular weight excluding hydrogens is 328 g/mol. The van der Waals surface area contributed by atoms with Gasteiger partial charge >= 0.3 is 0 Å². The number of hydrogen-bond donors (Lipinski definition) is 0. The minimum Gasteiger partial charge on any atom is -0.435 e. The second-order valence-corrected chi connectivity index (χ2v) is 7.21. The molecule has 26 heavy (non-hydrogen) atoms. The molecule has 138 valence electrons. The molecule has 1 aliphatic heterocycles. The van der Waals surface area contributed by atoms with E-state index in [-0.39, 0.29) is 11.8 Å². The third-order valence-electron chi connectivity index (χ3n) is 4.60. The number of hydrogen-bond acceptors (Lipinski definition) is 5. The Morgan fingerprint density at radius 1 is 1.27 bits per heavy atom. The van der Waals surface area contributed by atoms with Gasteiger partial charge in [0, 0.05) is 44.0 Å². The molecule has 0 unspecified atom stereocenters. The van der Waals surface area contributed by atoms with Crippen LogP contribution >= 0.6 is 0 Å². The van der Waals surface area contributed by atoms with Crippen LogP contribution in [0.3, 0.4) is 0 Å². The maximum absolute atomic E-state index is 12.5. The van der Waals surface area contributed by atoms with Crippen molar-refractivity contribution < 1.29 is 9.53 Å². The summed E-state index contributed by atoms with van der Waals surface area (Å²) < 4.78 is 6.01. The Morgan fingerprint density at radius 3 is 2.85 bits per heavy atom. The third-order valence-corrected chi connectivity index (χ3v) is 4.60. The van der Waals surface area contributed by atoms with Gasteiger partial charge in [0.05, 0.1) is 5.69 Å². The van der Waals surface area contributed by atoms with Gasteiger partial charge in [-0.2, -0.15) is 0 Å². The lowest BCUT2D eigenvalue weighted by Gasteiger charge is -2.33. The predicted molar refractivity (Wildman–Crippen MR) is 99.1 cm³/mol. The molecule has 0 saturated carbocycles. The van der Waals surface area contributed by atoms with Crippen LogP contribution in [0, 0.1) is 12.8 Å². The number of carbonyl (C=O) groups excluding carboxylic acids is 1. The van der Waals surface area contributed by atoms with E-state index in [2.05, 4.69) is 28.8 Å². The fourth-order valence-electron chi connectivity index (χ4n) is 3.28. The van der Waals surface area contributed by atoms with Crippen molar-refractivity contribution in [2.75, 3.05) is 13.1 Å². The van der Waals surface area contributed by atoms with Gasteiger partial charge in [-0.25, -0.2) is 4.98 Å². The van der Waals surface area contributed by atoms with E-state index in [1.54, 1.807) is 18.6 Å². The number of rotatable bonds is 5. The van der Waals surface area contributed by atoms with Crippen LogP contribution in [0.4, 0.5) is 0 Å². The van der Waals surface area contributed by atoms with Crippen LogP contribution < -0.4 is 4.74 Å². The van der Waals surface area contributed by atoms with E-state index in [4.69, 9.17) is 4.74 Å². The summed E-state index contributed by atoms with van der Waals surface area (Å²) in [5, 5.41) is 0. The summed E-state index contributed by atoms with van der Waals surface area (Å²) in [6.07, 6.45) is 7.59. The van der Waals surface area contributed by atoms with Crippen LogP contribution in [0.2, 0.25) is 0 Å². The van der Waals surface area contributed by atoms with E-state index in [1.165, 1.54) is 0 Å². The molecule has 0 aromatic carbocycles. The summed E-state index contributed by atoms with van der Waals surface area (Å²) >= 11 is 0. The molecule has 3 rings (SSSR count). The third kappa shape index (κ3) is 4.36. The number of likely N-dealkylation sites (tertiary alicyclic amines) is 1. The van der Waals surface area contributed by atoms with Crippen LogP contribution in [-0.2, 0) is 4.79 Å². The molecule has 2 aromatic rings. The molecule has 1 fully saturated rings. The summed E-state index contributed by atoms with van der Waals surface area (Å²) in [5.74, 6) is 1.91. The van der Waals surface area contributed by atoms with Crippen molar-refractivity contribution in [1.82, 2.24) is 19.9 Å². The van der Waals surface area contributed by atoms with Crippen molar-refractivity contribution in [3.05, 3.63) is 42.1 Å². The fraction of sp³-hybridized carbons (Fsp3) is 0.500. The highest BCUT2D eigenvalue weighted by Crippen LogP contribution is 2.33. The lowest BCUT2D eigenvalue weighted by atomic mass is 9.94. The zero-order valence-electron chi connectivity index (χ0n) is 15.7. The average Bonchev–Trinajstić information content (AvgIpc) is 2.64. The standard InChI is InChI=1S/C20H26N4O2/c1-14(2)12-18(25)24-11-5-6-16(13-24)19-20(23-10-9-22-19)26-17-7-4-8-21-15(17)3/h4,7-10,14,16H,5-6,11-13H2,1-3H3/t16-/m1/s1. The van der Waals surface area contributed by atoms with Crippen molar-refractivity contribution in [3.63, 3.8) is 0 Å². The highest BCUT2D eigenvalue weighted by atomic mass is 16.5. The number of aromatic nitrogens is 3. The molecule has 6 heteroatoms. The first kappa shape index (κ1) is 18.3. The van der Waals surface area contributed by atoms with Gasteiger partial charge in [-0.1, -0.05) is 13.8 Å². The lowest BCUT2D eigenvalue weighted by Crippen LogP contribution is -2.39. The van der Waals surface area contributed by atoms with Gasteiger partial charge in [0.1, 0.15) is 5.69 Å². The second-order valence-electron chi connectivity index (χ2n) is 7.21. The molecule has 0 aliphatic carbocycles. The number of ether oxygens (including phenoxy) is 1. The summed E-state index contributed by atoms with van der Waals surface area (Å²) in [4.78, 5) is 27.6. The molecule has 3 heterocycles. The number of amides is 1. The van der Waals surface area contributed by atoms with Gasteiger partial charge < -0.3 is 9.64 Å². The largest absolute Gasteiger partial charge is 0.435 e. The molecule has 6 nitrogen and oxygen atoms in total.